The van der Waals surface area contributed by atoms with E-state index in [4.69, 9.17) is 11.6 Å². The first-order chi connectivity index (χ1) is 8.99. The molecule has 1 heterocycles. The van der Waals surface area contributed by atoms with Gasteiger partial charge in [0.25, 0.3) is 0 Å². The summed E-state index contributed by atoms with van der Waals surface area (Å²) in [5.74, 6) is -0.845. The van der Waals surface area contributed by atoms with Crippen molar-refractivity contribution in [1.29, 1.82) is 0 Å². The SMILES string of the molecule is O=S(=O)(NCCN1CC=CC1)c1ccc(Cl)cc1F. The van der Waals surface area contributed by atoms with Gasteiger partial charge >= 0.3 is 0 Å². The predicted molar refractivity (Wildman–Crippen MR) is 72.2 cm³/mol. The van der Waals surface area contributed by atoms with Gasteiger partial charge in [0.15, 0.2) is 0 Å². The van der Waals surface area contributed by atoms with Crippen molar-refractivity contribution in [3.05, 3.63) is 41.2 Å². The summed E-state index contributed by atoms with van der Waals surface area (Å²) in [6, 6.07) is 3.50. The van der Waals surface area contributed by atoms with E-state index in [9.17, 15) is 12.8 Å². The van der Waals surface area contributed by atoms with Crippen LogP contribution in [0, 0.1) is 5.82 Å². The van der Waals surface area contributed by atoms with Crippen LogP contribution in [0.3, 0.4) is 0 Å². The maximum absolute atomic E-state index is 13.6. The van der Waals surface area contributed by atoms with Crippen molar-refractivity contribution in [3.63, 3.8) is 0 Å². The van der Waals surface area contributed by atoms with Crippen LogP contribution in [0.25, 0.3) is 0 Å². The summed E-state index contributed by atoms with van der Waals surface area (Å²) in [5, 5.41) is 0.166. The van der Waals surface area contributed by atoms with Crippen molar-refractivity contribution < 1.29 is 12.8 Å². The van der Waals surface area contributed by atoms with Gasteiger partial charge in [0.1, 0.15) is 10.7 Å². The molecule has 1 aromatic carbocycles. The van der Waals surface area contributed by atoms with E-state index in [1.807, 2.05) is 12.2 Å². The first kappa shape index (κ1) is 14.5. The van der Waals surface area contributed by atoms with Gasteiger partial charge in [-0.3, -0.25) is 4.90 Å². The van der Waals surface area contributed by atoms with Crippen LogP contribution in [0.15, 0.2) is 35.2 Å². The summed E-state index contributed by atoms with van der Waals surface area (Å²) in [6.45, 7) is 2.46. The van der Waals surface area contributed by atoms with E-state index < -0.39 is 15.8 Å². The van der Waals surface area contributed by atoms with Crippen LogP contribution in [0.1, 0.15) is 0 Å². The maximum atomic E-state index is 13.6. The molecule has 2 rings (SSSR count). The summed E-state index contributed by atoms with van der Waals surface area (Å²) in [4.78, 5) is 1.69. The zero-order valence-electron chi connectivity index (χ0n) is 10.1. The molecule has 104 valence electrons. The Morgan fingerprint density at radius 2 is 2.00 bits per heavy atom. The normalized spacial score (nSPS) is 16.1. The minimum absolute atomic E-state index is 0.166. The number of benzene rings is 1. The highest BCUT2D eigenvalue weighted by Gasteiger charge is 2.19. The summed E-state index contributed by atoms with van der Waals surface area (Å²) >= 11 is 5.59. The zero-order chi connectivity index (χ0) is 13.9. The van der Waals surface area contributed by atoms with Crippen molar-refractivity contribution >= 4 is 21.6 Å². The van der Waals surface area contributed by atoms with Gasteiger partial charge in [0, 0.05) is 31.2 Å². The van der Waals surface area contributed by atoms with Gasteiger partial charge in [-0.15, -0.1) is 0 Å². The first-order valence-corrected chi connectivity index (χ1v) is 7.67. The zero-order valence-corrected chi connectivity index (χ0v) is 11.7. The summed E-state index contributed by atoms with van der Waals surface area (Å²) in [5.41, 5.74) is 0. The molecule has 0 saturated carbocycles. The highest BCUT2D eigenvalue weighted by molar-refractivity contribution is 7.89. The molecule has 0 aliphatic carbocycles. The Labute approximate surface area is 116 Å². The van der Waals surface area contributed by atoms with E-state index in [0.717, 1.165) is 25.2 Å². The number of hydrogen-bond donors (Lipinski definition) is 1. The molecule has 0 fully saturated rings. The molecule has 0 radical (unpaired) electrons. The molecule has 0 unspecified atom stereocenters. The van der Waals surface area contributed by atoms with Crippen LogP contribution in [0.4, 0.5) is 4.39 Å². The van der Waals surface area contributed by atoms with Gasteiger partial charge in [-0.05, 0) is 18.2 Å². The van der Waals surface area contributed by atoms with E-state index in [1.54, 1.807) is 0 Å². The van der Waals surface area contributed by atoms with Gasteiger partial charge in [0.05, 0.1) is 0 Å². The smallest absolute Gasteiger partial charge is 0.243 e. The fourth-order valence-electron chi connectivity index (χ4n) is 1.81. The van der Waals surface area contributed by atoms with E-state index in [-0.39, 0.29) is 16.5 Å². The van der Waals surface area contributed by atoms with E-state index in [0.29, 0.717) is 6.54 Å². The second-order valence-corrected chi connectivity index (χ2v) is 6.38. The number of nitrogens with one attached hydrogen (secondary N) is 1. The minimum Gasteiger partial charge on any atom is -0.295 e. The minimum atomic E-state index is -3.83. The lowest BCUT2D eigenvalue weighted by Crippen LogP contribution is -2.34. The molecule has 0 saturated heterocycles. The molecule has 0 bridgehead atoms. The molecule has 7 heteroatoms. The molecular weight excluding hydrogens is 291 g/mol. The Balaban J connectivity index is 1.97. The number of halogens is 2. The monoisotopic (exact) mass is 304 g/mol. The van der Waals surface area contributed by atoms with Crippen LogP contribution in [0.2, 0.25) is 5.02 Å². The third-order valence-corrected chi connectivity index (χ3v) is 4.53. The van der Waals surface area contributed by atoms with Gasteiger partial charge in [-0.1, -0.05) is 23.8 Å². The van der Waals surface area contributed by atoms with Crippen LogP contribution in [0.5, 0.6) is 0 Å². The Morgan fingerprint density at radius 1 is 1.32 bits per heavy atom. The predicted octanol–water partition coefficient (Wildman–Crippen LogP) is 1.63. The van der Waals surface area contributed by atoms with E-state index in [2.05, 4.69) is 9.62 Å². The lowest BCUT2D eigenvalue weighted by atomic mass is 10.3. The second-order valence-electron chi connectivity index (χ2n) is 4.20. The average Bonchev–Trinajstić information content (AvgIpc) is 2.81. The molecule has 1 aliphatic rings. The van der Waals surface area contributed by atoms with Gasteiger partial charge < -0.3 is 0 Å². The quantitative estimate of drug-likeness (QED) is 0.841. The highest BCUT2D eigenvalue weighted by atomic mass is 35.5. The number of rotatable bonds is 5. The highest BCUT2D eigenvalue weighted by Crippen LogP contribution is 2.18. The first-order valence-electron chi connectivity index (χ1n) is 5.81. The van der Waals surface area contributed by atoms with Crippen molar-refractivity contribution in [2.75, 3.05) is 26.2 Å². The van der Waals surface area contributed by atoms with Gasteiger partial charge in [0.2, 0.25) is 10.0 Å². The fraction of sp³-hybridized carbons (Fsp3) is 0.333. The van der Waals surface area contributed by atoms with Crippen LogP contribution >= 0.6 is 11.6 Å². The van der Waals surface area contributed by atoms with E-state index in [1.165, 1.54) is 6.07 Å². The third-order valence-electron chi connectivity index (χ3n) is 2.80. The molecule has 1 aromatic rings. The molecule has 4 nitrogen and oxygen atoms in total. The summed E-state index contributed by atoms with van der Waals surface area (Å²) in [7, 11) is -3.83. The molecule has 1 N–H and O–H groups in total. The maximum Gasteiger partial charge on any atom is 0.243 e. The average molecular weight is 305 g/mol. The lowest BCUT2D eigenvalue weighted by molar-refractivity contribution is 0.357. The molecule has 1 aliphatic heterocycles. The summed E-state index contributed by atoms with van der Waals surface area (Å²) < 4.78 is 39.8. The van der Waals surface area contributed by atoms with Crippen molar-refractivity contribution in [1.82, 2.24) is 9.62 Å². The molecule has 0 aromatic heterocycles. The number of sulfonamides is 1. The van der Waals surface area contributed by atoms with Crippen molar-refractivity contribution in [3.8, 4) is 0 Å². The Bertz CT molecular complexity index is 581. The van der Waals surface area contributed by atoms with Crippen molar-refractivity contribution in [2.24, 2.45) is 0 Å². The topological polar surface area (TPSA) is 49.4 Å². The Hall–Kier alpha value is -0.950. The van der Waals surface area contributed by atoms with Gasteiger partial charge in [-0.2, -0.15) is 0 Å². The number of hydrogen-bond acceptors (Lipinski definition) is 3. The van der Waals surface area contributed by atoms with Crippen molar-refractivity contribution in [2.45, 2.75) is 4.90 Å². The molecular formula is C12H14ClFN2O2S. The fourth-order valence-corrected chi connectivity index (χ4v) is 3.05. The number of nitrogens with zero attached hydrogens (tertiary/aromatic N) is 1. The second kappa shape index (κ2) is 6.00. The van der Waals surface area contributed by atoms with E-state index >= 15 is 0 Å². The van der Waals surface area contributed by atoms with Crippen LogP contribution in [-0.4, -0.2) is 39.5 Å². The molecule has 0 atom stereocenters. The van der Waals surface area contributed by atoms with Crippen LogP contribution in [-0.2, 0) is 10.0 Å². The standard InChI is InChI=1S/C12H14ClFN2O2S/c13-10-3-4-12(11(14)9-10)19(17,18)15-5-8-16-6-1-2-7-16/h1-4,9,15H,5-8H2. The molecule has 0 spiro atoms. The largest absolute Gasteiger partial charge is 0.295 e. The third kappa shape index (κ3) is 3.76. The summed E-state index contributed by atoms with van der Waals surface area (Å²) in [6.07, 6.45) is 4.04. The Morgan fingerprint density at radius 3 is 2.63 bits per heavy atom. The molecule has 0 amide bonds. The molecule has 19 heavy (non-hydrogen) atoms. The Kier molecular flexibility index (Phi) is 4.57. The van der Waals surface area contributed by atoms with Crippen LogP contribution < -0.4 is 4.72 Å². The lowest BCUT2D eigenvalue weighted by Gasteiger charge is -2.15. The van der Waals surface area contributed by atoms with Gasteiger partial charge in [-0.25, -0.2) is 17.5 Å².